The Kier molecular flexibility index (Phi) is 5.58. The van der Waals surface area contributed by atoms with Crippen molar-refractivity contribution in [3.63, 3.8) is 0 Å². The van der Waals surface area contributed by atoms with E-state index >= 15 is 0 Å². The van der Waals surface area contributed by atoms with Crippen LogP contribution in [0.2, 0.25) is 0 Å². The van der Waals surface area contributed by atoms with Crippen molar-refractivity contribution in [2.24, 2.45) is 0 Å². The van der Waals surface area contributed by atoms with E-state index in [1.54, 1.807) is 19.2 Å². The summed E-state index contributed by atoms with van der Waals surface area (Å²) in [5.41, 5.74) is 0.541. The molecule has 2 rings (SSSR count). The topological polar surface area (TPSA) is 30.5 Å². The number of para-hydroxylation sites is 1. The van der Waals surface area contributed by atoms with Gasteiger partial charge in [-0.05, 0) is 31.2 Å². The fourth-order valence-corrected chi connectivity index (χ4v) is 2.18. The Morgan fingerprint density at radius 2 is 1.86 bits per heavy atom. The zero-order valence-corrected chi connectivity index (χ0v) is 12.3. The summed E-state index contributed by atoms with van der Waals surface area (Å²) in [6, 6.07) is 14.3. The van der Waals surface area contributed by atoms with Gasteiger partial charge in [0.05, 0.1) is 7.11 Å². The minimum absolute atomic E-state index is 0.152. The number of ether oxygens (including phenoxy) is 2. The van der Waals surface area contributed by atoms with E-state index in [1.807, 2.05) is 37.3 Å². The van der Waals surface area contributed by atoms with Crippen molar-refractivity contribution in [2.45, 2.75) is 13.0 Å². The van der Waals surface area contributed by atoms with Crippen LogP contribution in [-0.2, 0) is 0 Å². The van der Waals surface area contributed by atoms with Crippen LogP contribution in [0.4, 0.5) is 4.39 Å². The second kappa shape index (κ2) is 7.64. The van der Waals surface area contributed by atoms with Crippen molar-refractivity contribution in [3.8, 4) is 11.5 Å². The molecule has 0 amide bonds. The van der Waals surface area contributed by atoms with E-state index in [0.717, 1.165) is 5.75 Å². The normalized spacial score (nSPS) is 12.0. The molecule has 1 N–H and O–H groups in total. The van der Waals surface area contributed by atoms with Gasteiger partial charge in [0.15, 0.2) is 0 Å². The highest BCUT2D eigenvalue weighted by Gasteiger charge is 2.15. The Hall–Kier alpha value is -2.07. The third-order valence-corrected chi connectivity index (χ3v) is 3.23. The van der Waals surface area contributed by atoms with E-state index < -0.39 is 0 Å². The summed E-state index contributed by atoms with van der Waals surface area (Å²) >= 11 is 0. The lowest BCUT2D eigenvalue weighted by molar-refractivity contribution is 0.305. The van der Waals surface area contributed by atoms with E-state index in [1.165, 1.54) is 6.07 Å². The molecule has 3 nitrogen and oxygen atoms in total. The Balaban J connectivity index is 1.86. The maximum atomic E-state index is 13.9. The monoisotopic (exact) mass is 289 g/mol. The summed E-state index contributed by atoms with van der Waals surface area (Å²) in [4.78, 5) is 0. The highest BCUT2D eigenvalue weighted by atomic mass is 19.1. The minimum atomic E-state index is -0.265. The van der Waals surface area contributed by atoms with Gasteiger partial charge in [-0.1, -0.05) is 24.3 Å². The first-order chi connectivity index (χ1) is 10.2. The Labute approximate surface area is 124 Å². The maximum absolute atomic E-state index is 13.9. The summed E-state index contributed by atoms with van der Waals surface area (Å²) in [5.74, 6) is 1.12. The summed E-state index contributed by atoms with van der Waals surface area (Å²) < 4.78 is 24.7. The van der Waals surface area contributed by atoms with Crippen LogP contribution in [0.15, 0.2) is 48.5 Å². The number of rotatable bonds is 7. The van der Waals surface area contributed by atoms with Crippen LogP contribution in [0.25, 0.3) is 0 Å². The summed E-state index contributed by atoms with van der Waals surface area (Å²) in [6.07, 6.45) is 0. The minimum Gasteiger partial charge on any atom is -0.496 e. The molecule has 0 heterocycles. The van der Waals surface area contributed by atoms with Gasteiger partial charge in [-0.25, -0.2) is 4.39 Å². The number of hydrogen-bond donors (Lipinski definition) is 1. The Bertz CT molecular complexity index is 560. The van der Waals surface area contributed by atoms with Gasteiger partial charge in [0, 0.05) is 18.2 Å². The molecule has 0 radical (unpaired) electrons. The lowest BCUT2D eigenvalue weighted by Crippen LogP contribution is -2.25. The lowest BCUT2D eigenvalue weighted by atomic mass is 10.1. The van der Waals surface area contributed by atoms with Crippen LogP contribution in [-0.4, -0.2) is 20.3 Å². The molecule has 0 bridgehead atoms. The van der Waals surface area contributed by atoms with Crippen molar-refractivity contribution < 1.29 is 13.9 Å². The smallest absolute Gasteiger partial charge is 0.131 e. The van der Waals surface area contributed by atoms with Gasteiger partial charge in [0.2, 0.25) is 0 Å². The van der Waals surface area contributed by atoms with Crippen LogP contribution in [0, 0.1) is 5.82 Å². The maximum Gasteiger partial charge on any atom is 0.131 e. The average molecular weight is 289 g/mol. The molecule has 0 saturated carbocycles. The van der Waals surface area contributed by atoms with Gasteiger partial charge in [-0.2, -0.15) is 0 Å². The van der Waals surface area contributed by atoms with Crippen LogP contribution in [0.3, 0.4) is 0 Å². The molecule has 1 unspecified atom stereocenters. The largest absolute Gasteiger partial charge is 0.496 e. The van der Waals surface area contributed by atoms with E-state index in [-0.39, 0.29) is 11.9 Å². The highest BCUT2D eigenvalue weighted by Crippen LogP contribution is 2.27. The molecule has 0 fully saturated rings. The molecule has 4 heteroatoms. The Morgan fingerprint density at radius 1 is 1.10 bits per heavy atom. The molecule has 0 saturated heterocycles. The van der Waals surface area contributed by atoms with Crippen LogP contribution in [0.5, 0.6) is 11.5 Å². The van der Waals surface area contributed by atoms with Crippen molar-refractivity contribution in [1.82, 2.24) is 5.32 Å². The molecule has 0 aliphatic heterocycles. The fraction of sp³-hybridized carbons (Fsp3) is 0.294. The van der Waals surface area contributed by atoms with Gasteiger partial charge in [0.1, 0.15) is 23.9 Å². The van der Waals surface area contributed by atoms with Crippen molar-refractivity contribution in [2.75, 3.05) is 20.3 Å². The predicted octanol–water partition coefficient (Wildman–Crippen LogP) is 3.56. The summed E-state index contributed by atoms with van der Waals surface area (Å²) in [7, 11) is 1.55. The van der Waals surface area contributed by atoms with Gasteiger partial charge in [-0.3, -0.25) is 0 Å². The van der Waals surface area contributed by atoms with E-state index in [0.29, 0.717) is 24.5 Å². The van der Waals surface area contributed by atoms with Crippen molar-refractivity contribution in [3.05, 3.63) is 59.9 Å². The second-order valence-corrected chi connectivity index (χ2v) is 4.69. The zero-order valence-electron chi connectivity index (χ0n) is 12.3. The van der Waals surface area contributed by atoms with E-state index in [4.69, 9.17) is 9.47 Å². The number of benzene rings is 2. The molecule has 0 aliphatic rings. The number of halogens is 1. The van der Waals surface area contributed by atoms with Gasteiger partial charge in [0.25, 0.3) is 0 Å². The average Bonchev–Trinajstić information content (AvgIpc) is 2.52. The van der Waals surface area contributed by atoms with Crippen LogP contribution >= 0.6 is 0 Å². The van der Waals surface area contributed by atoms with E-state index in [9.17, 15) is 4.39 Å². The first-order valence-corrected chi connectivity index (χ1v) is 6.96. The van der Waals surface area contributed by atoms with Crippen molar-refractivity contribution in [1.29, 1.82) is 0 Å². The van der Waals surface area contributed by atoms with Crippen molar-refractivity contribution >= 4 is 0 Å². The third kappa shape index (κ3) is 4.20. The number of methoxy groups -OCH3 is 1. The molecule has 0 aromatic heterocycles. The molecule has 112 valence electrons. The molecule has 2 aromatic rings. The predicted molar refractivity (Wildman–Crippen MR) is 81.3 cm³/mol. The fourth-order valence-electron chi connectivity index (χ4n) is 2.18. The number of hydrogen-bond acceptors (Lipinski definition) is 3. The van der Waals surface area contributed by atoms with Crippen LogP contribution in [0.1, 0.15) is 18.5 Å². The third-order valence-electron chi connectivity index (χ3n) is 3.23. The quantitative estimate of drug-likeness (QED) is 0.791. The van der Waals surface area contributed by atoms with Gasteiger partial charge >= 0.3 is 0 Å². The molecule has 1 atom stereocenters. The second-order valence-electron chi connectivity index (χ2n) is 4.69. The van der Waals surface area contributed by atoms with Crippen LogP contribution < -0.4 is 14.8 Å². The number of nitrogens with one attached hydrogen (secondary N) is 1. The zero-order chi connectivity index (χ0) is 15.1. The first kappa shape index (κ1) is 15.3. The van der Waals surface area contributed by atoms with Gasteiger partial charge in [-0.15, -0.1) is 0 Å². The first-order valence-electron chi connectivity index (χ1n) is 6.96. The van der Waals surface area contributed by atoms with Gasteiger partial charge < -0.3 is 14.8 Å². The SMILES string of the molecule is COc1cccc(F)c1C(C)NCCOc1ccccc1. The lowest BCUT2D eigenvalue weighted by Gasteiger charge is -2.18. The Morgan fingerprint density at radius 3 is 2.57 bits per heavy atom. The summed E-state index contributed by atoms with van der Waals surface area (Å²) in [5, 5.41) is 3.24. The molecule has 0 aliphatic carbocycles. The molecule has 0 spiro atoms. The summed E-state index contributed by atoms with van der Waals surface area (Å²) in [6.45, 7) is 3.04. The molecule has 2 aromatic carbocycles. The highest BCUT2D eigenvalue weighted by molar-refractivity contribution is 5.36. The standard InChI is InChI=1S/C17H20FNO2/c1-13(17-15(18)9-6-10-16(17)20-2)19-11-12-21-14-7-4-3-5-8-14/h3-10,13,19H,11-12H2,1-2H3. The molecular formula is C17H20FNO2. The molecule has 21 heavy (non-hydrogen) atoms. The van der Waals surface area contributed by atoms with E-state index in [2.05, 4.69) is 5.32 Å². The molecular weight excluding hydrogens is 269 g/mol.